The van der Waals surface area contributed by atoms with Crippen molar-refractivity contribution >= 4 is 39.1 Å². The molecule has 1 saturated heterocycles. The van der Waals surface area contributed by atoms with Gasteiger partial charge in [-0.2, -0.15) is 0 Å². The van der Waals surface area contributed by atoms with Crippen molar-refractivity contribution in [1.29, 1.82) is 0 Å². The van der Waals surface area contributed by atoms with Crippen LogP contribution in [-0.4, -0.2) is 77.6 Å². The van der Waals surface area contributed by atoms with Gasteiger partial charge in [0.05, 0.1) is 6.61 Å². The first kappa shape index (κ1) is 21.0. The zero-order valence-corrected chi connectivity index (χ0v) is 15.1. The summed E-state index contributed by atoms with van der Waals surface area (Å²) >= 11 is 2.72. The Balaban J connectivity index is 4.05. The monoisotopic (exact) mass is 410 g/mol. The molecule has 0 bridgehead atoms. The van der Waals surface area contributed by atoms with Crippen LogP contribution in [0.1, 0.15) is 27.7 Å². The molecule has 0 spiro atoms. The molecule has 1 aliphatic heterocycles. The molecule has 0 radical (unpaired) electrons. The summed E-state index contributed by atoms with van der Waals surface area (Å²) in [7, 11) is 0. The van der Waals surface area contributed by atoms with Crippen molar-refractivity contribution in [2.24, 2.45) is 0 Å². The Hall–Kier alpha value is -1.04. The van der Waals surface area contributed by atoms with Gasteiger partial charge in [0, 0.05) is 0 Å². The number of ketones is 4. The third-order valence-corrected chi connectivity index (χ3v) is 5.80. The van der Waals surface area contributed by atoms with Gasteiger partial charge in [-0.15, -0.1) is 0 Å². The van der Waals surface area contributed by atoms with Gasteiger partial charge in [0.15, 0.2) is 28.7 Å². The second-order valence-corrected chi connectivity index (χ2v) is 6.91. The van der Waals surface area contributed by atoms with E-state index >= 15 is 0 Å². The number of aliphatic hydroxyl groups excluding tert-OH is 1. The first-order valence-electron chi connectivity index (χ1n) is 6.88. The first-order chi connectivity index (χ1) is 10.7. The molecule has 0 saturated carbocycles. The summed E-state index contributed by atoms with van der Waals surface area (Å²) in [6.45, 7) is 2.02. The Morgan fingerprint density at radius 3 is 1.54 bits per heavy atom. The summed E-state index contributed by atoms with van der Waals surface area (Å²) in [5.41, 5.74) is -9.98. The van der Waals surface area contributed by atoms with Crippen molar-refractivity contribution in [2.45, 2.75) is 55.1 Å². The molecule has 0 aliphatic carbocycles. The van der Waals surface area contributed by atoms with E-state index in [0.29, 0.717) is 0 Å². The predicted octanol–water partition coefficient (Wildman–Crippen LogP) is -1.98. The fourth-order valence-electron chi connectivity index (χ4n) is 3.10. The van der Waals surface area contributed by atoms with Crippen LogP contribution in [0.4, 0.5) is 0 Å². The molecule has 136 valence electrons. The Bertz CT molecular complexity index is 619. The maximum Gasteiger partial charge on any atom is 0.220 e. The molecule has 0 aromatic rings. The van der Waals surface area contributed by atoms with Crippen LogP contribution in [0, 0.1) is 0 Å². The van der Waals surface area contributed by atoms with E-state index in [1.54, 1.807) is 0 Å². The molecular weight excluding hydrogens is 392 g/mol. The number of halogens is 1. The normalized spacial score (nSPS) is 42.5. The highest BCUT2D eigenvalue weighted by molar-refractivity contribution is 9.10. The summed E-state index contributed by atoms with van der Waals surface area (Å²) < 4.78 is 2.47. The maximum absolute atomic E-state index is 12.2. The van der Waals surface area contributed by atoms with Gasteiger partial charge in [-0.25, -0.2) is 0 Å². The highest BCUT2D eigenvalue weighted by Gasteiger charge is 2.83. The zero-order chi connectivity index (χ0) is 19.3. The van der Waals surface area contributed by atoms with Gasteiger partial charge in [-0.05, 0) is 43.6 Å². The SMILES string of the molecule is CC(=O)C1(Br)O[C@H](CO)[C@@](O)(C(C)=O)[C@@](O)(C(C)=O)[C@]1(O)C(C)=O. The van der Waals surface area contributed by atoms with E-state index in [-0.39, 0.29) is 0 Å². The molecule has 10 heteroatoms. The van der Waals surface area contributed by atoms with E-state index in [0.717, 1.165) is 27.7 Å². The third kappa shape index (κ3) is 2.11. The molecule has 9 nitrogen and oxygen atoms in total. The summed E-state index contributed by atoms with van der Waals surface area (Å²) in [6.07, 6.45) is -1.98. The van der Waals surface area contributed by atoms with Crippen LogP contribution in [0.3, 0.4) is 0 Å². The van der Waals surface area contributed by atoms with Crippen LogP contribution < -0.4 is 0 Å². The molecule has 4 N–H and O–H groups in total. The Morgan fingerprint density at radius 2 is 1.29 bits per heavy atom. The largest absolute Gasteiger partial charge is 0.394 e. The van der Waals surface area contributed by atoms with Crippen molar-refractivity contribution in [1.82, 2.24) is 0 Å². The standard InChI is InChI=1S/C14H19BrO9/c1-6(17)11(21)10(5-16)24-14(15,9(4)20)13(23,8(3)19)12(11,22)7(2)18/h10,16,21-23H,5H2,1-4H3/t10-,11+,12+,13-,14?/m1/s1. The summed E-state index contributed by atoms with van der Waals surface area (Å²) in [4.78, 5) is 48.4. The van der Waals surface area contributed by atoms with E-state index in [2.05, 4.69) is 15.9 Å². The molecule has 24 heavy (non-hydrogen) atoms. The van der Waals surface area contributed by atoms with E-state index in [4.69, 9.17) is 4.74 Å². The minimum atomic E-state index is -3.46. The van der Waals surface area contributed by atoms with Crippen LogP contribution in [-0.2, 0) is 23.9 Å². The van der Waals surface area contributed by atoms with Crippen LogP contribution in [0.15, 0.2) is 0 Å². The number of rotatable bonds is 5. The average Bonchev–Trinajstić information content (AvgIpc) is 2.47. The van der Waals surface area contributed by atoms with E-state index < -0.39 is 57.2 Å². The Morgan fingerprint density at radius 1 is 0.875 bits per heavy atom. The highest BCUT2D eigenvalue weighted by atomic mass is 79.9. The second kappa shape index (κ2) is 6.04. The highest BCUT2D eigenvalue weighted by Crippen LogP contribution is 2.53. The molecule has 1 rings (SSSR count). The summed E-state index contributed by atoms with van der Waals surface area (Å²) in [5, 5.41) is 42.1. The second-order valence-electron chi connectivity index (χ2n) is 5.80. The Kier molecular flexibility index (Phi) is 5.29. The van der Waals surface area contributed by atoms with Crippen molar-refractivity contribution < 1.29 is 44.3 Å². The van der Waals surface area contributed by atoms with Crippen LogP contribution >= 0.6 is 15.9 Å². The molecule has 0 aromatic heterocycles. The van der Waals surface area contributed by atoms with Crippen LogP contribution in [0.5, 0.6) is 0 Å². The topological polar surface area (TPSA) is 158 Å². The van der Waals surface area contributed by atoms with Gasteiger partial charge in [0.1, 0.15) is 6.10 Å². The van der Waals surface area contributed by atoms with E-state index in [9.17, 15) is 39.6 Å². The molecule has 5 atom stereocenters. The molecule has 0 aromatic carbocycles. The maximum atomic E-state index is 12.2. The molecule has 0 amide bonds. The fraction of sp³-hybridized carbons (Fsp3) is 0.714. The lowest BCUT2D eigenvalue weighted by Crippen LogP contribution is -2.89. The zero-order valence-electron chi connectivity index (χ0n) is 13.5. The van der Waals surface area contributed by atoms with Gasteiger partial charge in [0.25, 0.3) is 0 Å². The number of alkyl halides is 1. The Labute approximate surface area is 145 Å². The first-order valence-corrected chi connectivity index (χ1v) is 7.67. The third-order valence-electron chi connectivity index (χ3n) is 4.49. The molecule has 1 heterocycles. The quantitative estimate of drug-likeness (QED) is 0.376. The van der Waals surface area contributed by atoms with Gasteiger partial charge < -0.3 is 25.2 Å². The number of Topliss-reactive ketones (excluding diaryl/α,β-unsaturated/α-hetero) is 4. The lowest BCUT2D eigenvalue weighted by atomic mass is 9.59. The van der Waals surface area contributed by atoms with Gasteiger partial charge in [-0.3, -0.25) is 19.2 Å². The molecule has 1 aliphatic rings. The van der Waals surface area contributed by atoms with Gasteiger partial charge >= 0.3 is 0 Å². The molecular formula is C14H19BrO9. The van der Waals surface area contributed by atoms with Crippen molar-refractivity contribution in [2.75, 3.05) is 6.61 Å². The van der Waals surface area contributed by atoms with E-state index in [1.165, 1.54) is 0 Å². The lowest BCUT2D eigenvalue weighted by molar-refractivity contribution is -0.321. The molecule has 1 unspecified atom stereocenters. The number of carbonyl (C=O) groups excluding carboxylic acids is 4. The lowest BCUT2D eigenvalue weighted by Gasteiger charge is -2.60. The van der Waals surface area contributed by atoms with Crippen molar-refractivity contribution in [3.8, 4) is 0 Å². The summed E-state index contributed by atoms with van der Waals surface area (Å²) in [6, 6.07) is 0. The van der Waals surface area contributed by atoms with Gasteiger partial charge in [-0.1, -0.05) is 0 Å². The van der Waals surface area contributed by atoms with Crippen LogP contribution in [0.2, 0.25) is 0 Å². The van der Waals surface area contributed by atoms with E-state index in [1.807, 2.05) is 0 Å². The molecule has 1 fully saturated rings. The van der Waals surface area contributed by atoms with Gasteiger partial charge in [0.2, 0.25) is 15.7 Å². The smallest absolute Gasteiger partial charge is 0.220 e. The number of hydrogen-bond donors (Lipinski definition) is 4. The number of carbonyl (C=O) groups is 4. The minimum absolute atomic E-state index is 0.717. The number of hydrogen-bond acceptors (Lipinski definition) is 9. The average molecular weight is 411 g/mol. The number of aliphatic hydroxyl groups is 4. The number of ether oxygens (including phenoxy) is 1. The fourth-order valence-corrected chi connectivity index (χ4v) is 3.89. The predicted molar refractivity (Wildman–Crippen MR) is 81.2 cm³/mol. The minimum Gasteiger partial charge on any atom is -0.394 e. The van der Waals surface area contributed by atoms with Crippen LogP contribution in [0.25, 0.3) is 0 Å². The summed E-state index contributed by atoms with van der Waals surface area (Å²) in [5.74, 6) is -4.98. The van der Waals surface area contributed by atoms with Crippen molar-refractivity contribution in [3.05, 3.63) is 0 Å². The van der Waals surface area contributed by atoms with Crippen molar-refractivity contribution in [3.63, 3.8) is 0 Å².